The molecule has 2 amide bonds. The first kappa shape index (κ1) is 16.3. The zero-order valence-electron chi connectivity index (χ0n) is 12.8. The van der Waals surface area contributed by atoms with Gasteiger partial charge in [0.25, 0.3) is 0 Å². The van der Waals surface area contributed by atoms with Crippen LogP contribution >= 0.6 is 0 Å². The minimum absolute atomic E-state index is 0.156. The van der Waals surface area contributed by atoms with Gasteiger partial charge < -0.3 is 15.4 Å². The van der Waals surface area contributed by atoms with Crippen molar-refractivity contribution in [3.05, 3.63) is 48.8 Å². The standard InChI is InChI=1S/C17H18N4O2/c1-2-13(6-9-18)20-17(22)21-14-4-3-5-16(12-14)23-15-7-10-19-11-8-15/h3-5,7-8,10-13H,2,6H2,1H3,(H2,20,21,22). The van der Waals surface area contributed by atoms with Gasteiger partial charge in [0.2, 0.25) is 0 Å². The van der Waals surface area contributed by atoms with Gasteiger partial charge in [0.05, 0.1) is 12.5 Å². The van der Waals surface area contributed by atoms with E-state index in [2.05, 4.69) is 21.7 Å². The summed E-state index contributed by atoms with van der Waals surface area (Å²) in [6.45, 7) is 1.92. The molecule has 0 saturated carbocycles. The maximum atomic E-state index is 11.9. The number of nitrogens with zero attached hydrogens (tertiary/aromatic N) is 2. The molecule has 1 aromatic carbocycles. The summed E-state index contributed by atoms with van der Waals surface area (Å²) in [5.41, 5.74) is 0.612. The third-order valence-corrected chi connectivity index (χ3v) is 3.14. The highest BCUT2D eigenvalue weighted by Crippen LogP contribution is 2.23. The highest BCUT2D eigenvalue weighted by atomic mass is 16.5. The number of nitriles is 1. The molecule has 1 heterocycles. The first-order chi connectivity index (χ1) is 11.2. The summed E-state index contributed by atoms with van der Waals surface area (Å²) < 4.78 is 5.69. The Balaban J connectivity index is 1.97. The molecule has 0 radical (unpaired) electrons. The van der Waals surface area contributed by atoms with Gasteiger partial charge in [0.15, 0.2) is 0 Å². The zero-order chi connectivity index (χ0) is 16.5. The number of carbonyl (C=O) groups is 1. The lowest BCUT2D eigenvalue weighted by molar-refractivity contribution is 0.248. The molecule has 1 atom stereocenters. The molecule has 23 heavy (non-hydrogen) atoms. The molecule has 0 fully saturated rings. The van der Waals surface area contributed by atoms with E-state index >= 15 is 0 Å². The van der Waals surface area contributed by atoms with Gasteiger partial charge in [-0.3, -0.25) is 4.98 Å². The van der Waals surface area contributed by atoms with E-state index in [0.717, 1.165) is 0 Å². The van der Waals surface area contributed by atoms with Crippen LogP contribution in [0.25, 0.3) is 0 Å². The minimum atomic E-state index is -0.340. The van der Waals surface area contributed by atoms with E-state index < -0.39 is 0 Å². The number of aromatic nitrogens is 1. The molecule has 118 valence electrons. The van der Waals surface area contributed by atoms with Crippen LogP contribution in [0.1, 0.15) is 19.8 Å². The fraction of sp³-hybridized carbons (Fsp3) is 0.235. The first-order valence-electron chi connectivity index (χ1n) is 7.33. The molecule has 0 aliphatic carbocycles. The average molecular weight is 310 g/mol. The highest BCUT2D eigenvalue weighted by Gasteiger charge is 2.10. The number of benzene rings is 1. The Morgan fingerprint density at radius 2 is 2.09 bits per heavy atom. The quantitative estimate of drug-likeness (QED) is 0.852. The number of urea groups is 1. The molecule has 2 rings (SSSR count). The summed E-state index contributed by atoms with van der Waals surface area (Å²) >= 11 is 0. The monoisotopic (exact) mass is 310 g/mol. The maximum absolute atomic E-state index is 11.9. The van der Waals surface area contributed by atoms with Crippen molar-refractivity contribution in [1.82, 2.24) is 10.3 Å². The molecule has 0 bridgehead atoms. The van der Waals surface area contributed by atoms with Gasteiger partial charge in [-0.15, -0.1) is 0 Å². The second-order valence-corrected chi connectivity index (χ2v) is 4.88. The van der Waals surface area contributed by atoms with Crippen LogP contribution in [0.5, 0.6) is 11.5 Å². The van der Waals surface area contributed by atoms with Crippen LogP contribution in [-0.2, 0) is 0 Å². The van der Waals surface area contributed by atoms with Crippen LogP contribution < -0.4 is 15.4 Å². The molecule has 6 nitrogen and oxygen atoms in total. The molecular formula is C17H18N4O2. The van der Waals surface area contributed by atoms with E-state index in [1.54, 1.807) is 48.8 Å². The summed E-state index contributed by atoms with van der Waals surface area (Å²) in [5.74, 6) is 1.28. The number of carbonyl (C=O) groups excluding carboxylic acids is 1. The summed E-state index contributed by atoms with van der Waals surface area (Å²) in [6, 6.07) is 12.1. The van der Waals surface area contributed by atoms with Crippen molar-refractivity contribution in [3.63, 3.8) is 0 Å². The van der Waals surface area contributed by atoms with Crippen molar-refractivity contribution in [1.29, 1.82) is 5.26 Å². The minimum Gasteiger partial charge on any atom is -0.457 e. The predicted molar refractivity (Wildman–Crippen MR) is 87.2 cm³/mol. The van der Waals surface area contributed by atoms with Crippen LogP contribution in [-0.4, -0.2) is 17.1 Å². The van der Waals surface area contributed by atoms with Crippen LogP contribution in [0.2, 0.25) is 0 Å². The third kappa shape index (κ3) is 5.32. The van der Waals surface area contributed by atoms with E-state index in [1.807, 2.05) is 6.92 Å². The number of nitrogens with one attached hydrogen (secondary N) is 2. The van der Waals surface area contributed by atoms with Crippen molar-refractivity contribution >= 4 is 11.7 Å². The maximum Gasteiger partial charge on any atom is 0.319 e. The first-order valence-corrected chi connectivity index (χ1v) is 7.33. The normalized spacial score (nSPS) is 11.1. The van der Waals surface area contributed by atoms with E-state index in [1.165, 1.54) is 0 Å². The number of hydrogen-bond acceptors (Lipinski definition) is 4. The number of pyridine rings is 1. The van der Waals surface area contributed by atoms with Gasteiger partial charge in [-0.05, 0) is 30.7 Å². The molecule has 0 spiro atoms. The molecule has 0 saturated heterocycles. The van der Waals surface area contributed by atoms with Crippen LogP contribution in [0.4, 0.5) is 10.5 Å². The number of anilines is 1. The van der Waals surface area contributed by atoms with Crippen molar-refractivity contribution in [2.75, 3.05) is 5.32 Å². The predicted octanol–water partition coefficient (Wildman–Crippen LogP) is 3.69. The topological polar surface area (TPSA) is 87.0 Å². The van der Waals surface area contributed by atoms with Gasteiger partial charge in [0, 0.05) is 30.2 Å². The van der Waals surface area contributed by atoms with Gasteiger partial charge in [-0.1, -0.05) is 13.0 Å². The summed E-state index contributed by atoms with van der Waals surface area (Å²) in [4.78, 5) is 15.9. The Labute approximate surface area is 135 Å². The van der Waals surface area contributed by atoms with E-state index in [4.69, 9.17) is 10.00 Å². The van der Waals surface area contributed by atoms with Gasteiger partial charge in [0.1, 0.15) is 11.5 Å². The smallest absolute Gasteiger partial charge is 0.319 e. The van der Waals surface area contributed by atoms with Gasteiger partial charge in [-0.2, -0.15) is 5.26 Å². The molecule has 2 N–H and O–H groups in total. The van der Waals surface area contributed by atoms with Crippen molar-refractivity contribution in [2.24, 2.45) is 0 Å². The van der Waals surface area contributed by atoms with E-state index in [9.17, 15) is 4.79 Å². The number of amides is 2. The second-order valence-electron chi connectivity index (χ2n) is 4.88. The molecular weight excluding hydrogens is 292 g/mol. The molecule has 2 aromatic rings. The zero-order valence-corrected chi connectivity index (χ0v) is 12.8. The van der Waals surface area contributed by atoms with Gasteiger partial charge in [-0.25, -0.2) is 4.79 Å². The molecule has 6 heteroatoms. The van der Waals surface area contributed by atoms with Crippen LogP contribution in [0.3, 0.4) is 0 Å². The molecule has 0 aliphatic heterocycles. The Bertz CT molecular complexity index is 682. The summed E-state index contributed by atoms with van der Waals surface area (Å²) in [7, 11) is 0. The summed E-state index contributed by atoms with van der Waals surface area (Å²) in [6.07, 6.45) is 4.28. The SMILES string of the molecule is CCC(CC#N)NC(=O)Nc1cccc(Oc2ccncc2)c1. The number of hydrogen-bond donors (Lipinski definition) is 2. The highest BCUT2D eigenvalue weighted by molar-refractivity contribution is 5.89. The largest absolute Gasteiger partial charge is 0.457 e. The van der Waals surface area contributed by atoms with Crippen LogP contribution in [0, 0.1) is 11.3 Å². The Morgan fingerprint density at radius 1 is 1.30 bits per heavy atom. The Hall–Kier alpha value is -3.07. The molecule has 1 unspecified atom stereocenters. The molecule has 0 aliphatic rings. The lowest BCUT2D eigenvalue weighted by Gasteiger charge is -2.14. The van der Waals surface area contributed by atoms with E-state index in [-0.39, 0.29) is 18.5 Å². The van der Waals surface area contributed by atoms with Crippen molar-refractivity contribution < 1.29 is 9.53 Å². The fourth-order valence-electron chi connectivity index (χ4n) is 1.94. The van der Waals surface area contributed by atoms with Crippen molar-refractivity contribution in [3.8, 4) is 17.6 Å². The number of ether oxygens (including phenoxy) is 1. The average Bonchev–Trinajstić information content (AvgIpc) is 2.55. The van der Waals surface area contributed by atoms with Crippen molar-refractivity contribution in [2.45, 2.75) is 25.8 Å². The fourth-order valence-corrected chi connectivity index (χ4v) is 1.94. The Morgan fingerprint density at radius 3 is 2.78 bits per heavy atom. The molecule has 1 aromatic heterocycles. The second kappa shape index (κ2) is 8.39. The van der Waals surface area contributed by atoms with Gasteiger partial charge >= 0.3 is 6.03 Å². The Kier molecular flexibility index (Phi) is 5.95. The van der Waals surface area contributed by atoms with E-state index in [0.29, 0.717) is 23.6 Å². The summed E-state index contributed by atoms with van der Waals surface area (Å²) in [5, 5.41) is 14.2. The van der Waals surface area contributed by atoms with Crippen LogP contribution in [0.15, 0.2) is 48.8 Å². The third-order valence-electron chi connectivity index (χ3n) is 3.14. The lowest BCUT2D eigenvalue weighted by atomic mass is 10.2. The lowest BCUT2D eigenvalue weighted by Crippen LogP contribution is -2.37. The number of rotatable bonds is 6.